The highest BCUT2D eigenvalue weighted by molar-refractivity contribution is 5.12. The van der Waals surface area contributed by atoms with Crippen LogP contribution < -0.4 is 0 Å². The summed E-state index contributed by atoms with van der Waals surface area (Å²) in [5.74, 6) is 1.33. The fraction of sp³-hybridized carbons (Fsp3) is 0.667. The summed E-state index contributed by atoms with van der Waals surface area (Å²) >= 11 is 0. The lowest BCUT2D eigenvalue weighted by Gasteiger charge is -2.04. The minimum atomic E-state index is 0.00636. The minimum Gasteiger partial charge on any atom is -0.391 e. The number of rotatable bonds is 3. The molecule has 1 fully saturated rings. The zero-order valence-electron chi connectivity index (χ0n) is 7.40. The molecule has 1 atom stereocenters. The van der Waals surface area contributed by atoms with Crippen LogP contribution in [0.4, 0.5) is 0 Å². The Balaban J connectivity index is 1.99. The summed E-state index contributed by atoms with van der Waals surface area (Å²) in [4.78, 5) is 0. The van der Waals surface area contributed by atoms with E-state index in [1.54, 1.807) is 6.20 Å². The van der Waals surface area contributed by atoms with E-state index >= 15 is 0 Å². The van der Waals surface area contributed by atoms with Crippen LogP contribution in [0.2, 0.25) is 0 Å². The molecular formula is C9H13NO3. The van der Waals surface area contributed by atoms with E-state index in [4.69, 9.17) is 14.4 Å². The lowest BCUT2D eigenvalue weighted by Crippen LogP contribution is -2.04. The first-order valence-electron chi connectivity index (χ1n) is 4.51. The lowest BCUT2D eigenvalue weighted by molar-refractivity contribution is 0.183. The Labute approximate surface area is 76.5 Å². The van der Waals surface area contributed by atoms with E-state index in [1.807, 2.05) is 0 Å². The highest BCUT2D eigenvalue weighted by Crippen LogP contribution is 2.20. The van der Waals surface area contributed by atoms with Crippen molar-refractivity contribution in [1.29, 1.82) is 0 Å². The van der Waals surface area contributed by atoms with Gasteiger partial charge in [-0.1, -0.05) is 5.16 Å². The molecule has 0 bridgehead atoms. The van der Waals surface area contributed by atoms with Gasteiger partial charge in [-0.05, 0) is 12.3 Å². The summed E-state index contributed by atoms with van der Waals surface area (Å²) in [6, 6.07) is 0. The highest BCUT2D eigenvalue weighted by Gasteiger charge is 2.19. The van der Waals surface area contributed by atoms with E-state index in [-0.39, 0.29) is 6.61 Å². The number of nitrogens with zero attached hydrogens (tertiary/aromatic N) is 1. The van der Waals surface area contributed by atoms with Gasteiger partial charge in [0.25, 0.3) is 0 Å². The fourth-order valence-electron chi connectivity index (χ4n) is 1.59. The number of aliphatic hydroxyl groups excluding tert-OH is 1. The SMILES string of the molecule is OCc1cnoc1CC1CCOC1. The second kappa shape index (κ2) is 3.89. The fourth-order valence-corrected chi connectivity index (χ4v) is 1.59. The van der Waals surface area contributed by atoms with Crippen LogP contribution in [-0.2, 0) is 17.8 Å². The molecule has 0 saturated carbocycles. The molecule has 0 amide bonds. The van der Waals surface area contributed by atoms with Crippen molar-refractivity contribution in [2.24, 2.45) is 5.92 Å². The molecular weight excluding hydrogens is 170 g/mol. The van der Waals surface area contributed by atoms with Gasteiger partial charge in [0, 0.05) is 25.2 Å². The van der Waals surface area contributed by atoms with Crippen molar-refractivity contribution in [3.8, 4) is 0 Å². The second-order valence-electron chi connectivity index (χ2n) is 3.37. The number of aromatic nitrogens is 1. The molecule has 2 rings (SSSR count). The van der Waals surface area contributed by atoms with Gasteiger partial charge in [-0.2, -0.15) is 0 Å². The molecule has 72 valence electrons. The van der Waals surface area contributed by atoms with E-state index in [9.17, 15) is 0 Å². The molecule has 2 heterocycles. The largest absolute Gasteiger partial charge is 0.391 e. The van der Waals surface area contributed by atoms with Crippen molar-refractivity contribution in [2.75, 3.05) is 13.2 Å². The van der Waals surface area contributed by atoms with E-state index in [0.717, 1.165) is 37.4 Å². The van der Waals surface area contributed by atoms with Crippen molar-refractivity contribution >= 4 is 0 Å². The Hall–Kier alpha value is -0.870. The Kier molecular flexibility index (Phi) is 2.61. The Morgan fingerprint density at radius 1 is 1.62 bits per heavy atom. The van der Waals surface area contributed by atoms with Gasteiger partial charge in [0.15, 0.2) is 0 Å². The van der Waals surface area contributed by atoms with Gasteiger partial charge in [0.1, 0.15) is 5.76 Å². The zero-order chi connectivity index (χ0) is 9.10. The smallest absolute Gasteiger partial charge is 0.142 e. The molecule has 4 nitrogen and oxygen atoms in total. The van der Waals surface area contributed by atoms with Crippen LogP contribution in [0.5, 0.6) is 0 Å². The van der Waals surface area contributed by atoms with Gasteiger partial charge in [-0.3, -0.25) is 0 Å². The average molecular weight is 183 g/mol. The van der Waals surface area contributed by atoms with Gasteiger partial charge < -0.3 is 14.4 Å². The van der Waals surface area contributed by atoms with Crippen molar-refractivity contribution in [1.82, 2.24) is 5.16 Å². The second-order valence-corrected chi connectivity index (χ2v) is 3.37. The molecule has 1 saturated heterocycles. The predicted octanol–water partition coefficient (Wildman–Crippen LogP) is 0.746. The van der Waals surface area contributed by atoms with Crippen LogP contribution in [0.1, 0.15) is 17.7 Å². The first-order chi connectivity index (χ1) is 6.40. The first-order valence-corrected chi connectivity index (χ1v) is 4.51. The number of hydrogen-bond acceptors (Lipinski definition) is 4. The number of aliphatic hydroxyl groups is 1. The van der Waals surface area contributed by atoms with Crippen LogP contribution in [0.15, 0.2) is 10.7 Å². The van der Waals surface area contributed by atoms with Gasteiger partial charge in [0.2, 0.25) is 0 Å². The molecule has 0 spiro atoms. The summed E-state index contributed by atoms with van der Waals surface area (Å²) in [5, 5.41) is 12.6. The van der Waals surface area contributed by atoms with Crippen LogP contribution >= 0.6 is 0 Å². The topological polar surface area (TPSA) is 55.5 Å². The predicted molar refractivity (Wildman–Crippen MR) is 45.1 cm³/mol. The van der Waals surface area contributed by atoms with Crippen LogP contribution in [-0.4, -0.2) is 23.5 Å². The third-order valence-electron chi connectivity index (χ3n) is 2.40. The quantitative estimate of drug-likeness (QED) is 0.751. The van der Waals surface area contributed by atoms with Crippen molar-refractivity contribution in [3.63, 3.8) is 0 Å². The Bertz CT molecular complexity index is 266. The lowest BCUT2D eigenvalue weighted by atomic mass is 10.0. The molecule has 1 aromatic heterocycles. The summed E-state index contributed by atoms with van der Waals surface area (Å²) in [5.41, 5.74) is 0.798. The average Bonchev–Trinajstić information content (AvgIpc) is 2.76. The third kappa shape index (κ3) is 1.89. The maximum absolute atomic E-state index is 8.95. The Morgan fingerprint density at radius 2 is 2.54 bits per heavy atom. The van der Waals surface area contributed by atoms with Crippen LogP contribution in [0.3, 0.4) is 0 Å². The first kappa shape index (κ1) is 8.72. The summed E-state index contributed by atoms with van der Waals surface area (Å²) in [6.07, 6.45) is 3.48. The maximum Gasteiger partial charge on any atom is 0.142 e. The standard InChI is InChI=1S/C9H13NO3/c11-5-8-4-10-13-9(8)3-7-1-2-12-6-7/h4,7,11H,1-3,5-6H2. The van der Waals surface area contributed by atoms with Crippen molar-refractivity contribution in [2.45, 2.75) is 19.4 Å². The normalized spacial score (nSPS) is 22.4. The number of ether oxygens (including phenoxy) is 1. The molecule has 13 heavy (non-hydrogen) atoms. The van der Waals surface area contributed by atoms with E-state index in [1.165, 1.54) is 0 Å². The molecule has 4 heteroatoms. The number of hydrogen-bond donors (Lipinski definition) is 1. The van der Waals surface area contributed by atoms with Gasteiger partial charge >= 0.3 is 0 Å². The highest BCUT2D eigenvalue weighted by atomic mass is 16.5. The van der Waals surface area contributed by atoms with Gasteiger partial charge in [-0.25, -0.2) is 0 Å². The van der Waals surface area contributed by atoms with E-state index < -0.39 is 0 Å². The van der Waals surface area contributed by atoms with Gasteiger partial charge in [-0.15, -0.1) is 0 Å². The summed E-state index contributed by atoms with van der Waals surface area (Å²) in [7, 11) is 0. The van der Waals surface area contributed by atoms with Crippen LogP contribution in [0, 0.1) is 5.92 Å². The van der Waals surface area contributed by atoms with E-state index in [0.29, 0.717) is 5.92 Å². The minimum absolute atomic E-state index is 0.00636. The molecule has 0 aliphatic carbocycles. The van der Waals surface area contributed by atoms with Crippen molar-refractivity contribution < 1.29 is 14.4 Å². The monoisotopic (exact) mass is 183 g/mol. The summed E-state index contributed by atoms with van der Waals surface area (Å²) in [6.45, 7) is 1.64. The van der Waals surface area contributed by atoms with Crippen LogP contribution in [0.25, 0.3) is 0 Å². The van der Waals surface area contributed by atoms with Crippen molar-refractivity contribution in [3.05, 3.63) is 17.5 Å². The Morgan fingerprint density at radius 3 is 3.23 bits per heavy atom. The molecule has 0 radical (unpaired) electrons. The zero-order valence-corrected chi connectivity index (χ0v) is 7.40. The molecule has 1 aromatic rings. The molecule has 1 aliphatic rings. The molecule has 0 aromatic carbocycles. The molecule has 1 unspecified atom stereocenters. The van der Waals surface area contributed by atoms with Gasteiger partial charge in [0.05, 0.1) is 12.8 Å². The van der Waals surface area contributed by atoms with E-state index in [2.05, 4.69) is 5.16 Å². The third-order valence-corrected chi connectivity index (χ3v) is 2.40. The molecule has 1 N–H and O–H groups in total. The molecule has 1 aliphatic heterocycles. The maximum atomic E-state index is 8.95. The summed E-state index contributed by atoms with van der Waals surface area (Å²) < 4.78 is 10.3.